The molecule has 6 nitrogen and oxygen atoms in total. The molecule has 0 saturated carbocycles. The van der Waals surface area contributed by atoms with E-state index in [1.165, 1.54) is 0 Å². The molecule has 140 valence electrons. The van der Waals surface area contributed by atoms with Crippen LogP contribution in [0.5, 0.6) is 0 Å². The average molecular weight is 341 g/mol. The number of nitrogens with zero attached hydrogens (tertiary/aromatic N) is 3. The normalized spacial score (nSPS) is 14.1. The lowest BCUT2D eigenvalue weighted by Gasteiger charge is -1.92. The van der Waals surface area contributed by atoms with Gasteiger partial charge in [-0.15, -0.1) is 0 Å². The fourth-order valence-electron chi connectivity index (χ4n) is 1.15. The van der Waals surface area contributed by atoms with Crippen LogP contribution in [0.25, 0.3) is 0 Å². The number of oxime groups is 1. The van der Waals surface area contributed by atoms with Gasteiger partial charge in [0.1, 0.15) is 18.6 Å². The molecule has 1 aliphatic rings. The Balaban J connectivity index is -0.000000259. The van der Waals surface area contributed by atoms with Crippen molar-refractivity contribution in [2.45, 2.75) is 63.8 Å². The summed E-state index contributed by atoms with van der Waals surface area (Å²) in [5.74, 6) is 1.44. The summed E-state index contributed by atoms with van der Waals surface area (Å²) in [5.41, 5.74) is 4.31. The third-order valence-corrected chi connectivity index (χ3v) is 3.23. The van der Waals surface area contributed by atoms with Crippen molar-refractivity contribution >= 4 is 5.71 Å². The van der Waals surface area contributed by atoms with Gasteiger partial charge in [-0.05, 0) is 34.6 Å². The van der Waals surface area contributed by atoms with Gasteiger partial charge >= 0.3 is 0 Å². The molecule has 1 unspecified atom stereocenters. The molecule has 0 fully saturated rings. The minimum atomic E-state index is 0. The lowest BCUT2D eigenvalue weighted by atomic mass is 10.1. The van der Waals surface area contributed by atoms with Crippen molar-refractivity contribution in [3.63, 3.8) is 0 Å². The molecule has 0 aliphatic carbocycles. The van der Waals surface area contributed by atoms with Crippen molar-refractivity contribution in [3.05, 3.63) is 35.0 Å². The van der Waals surface area contributed by atoms with E-state index in [-0.39, 0.29) is 22.3 Å². The van der Waals surface area contributed by atoms with E-state index in [9.17, 15) is 0 Å². The Hall–Kier alpha value is -2.11. The lowest BCUT2D eigenvalue weighted by Crippen LogP contribution is -2.02. The minimum Gasteiger partial charge on any atom is -0.395 e. The van der Waals surface area contributed by atoms with Gasteiger partial charge in [-0.25, -0.2) is 0 Å². The Kier molecular flexibility index (Phi) is 14.9. The molecule has 0 N–H and O–H groups in total. The summed E-state index contributed by atoms with van der Waals surface area (Å²) in [6.07, 6.45) is 3.34. The predicted octanol–water partition coefficient (Wildman–Crippen LogP) is 5.52. The largest absolute Gasteiger partial charge is 0.395 e. The van der Waals surface area contributed by atoms with Crippen LogP contribution in [0.3, 0.4) is 0 Å². The maximum atomic E-state index is 4.76. The highest BCUT2D eigenvalue weighted by atomic mass is 16.6. The van der Waals surface area contributed by atoms with Crippen molar-refractivity contribution in [1.29, 1.82) is 0 Å². The fourth-order valence-corrected chi connectivity index (χ4v) is 1.15. The number of rotatable bonds is 0. The Labute approximate surface area is 147 Å². The van der Waals surface area contributed by atoms with E-state index >= 15 is 0 Å². The Morgan fingerprint density at radius 2 is 1.62 bits per heavy atom. The zero-order valence-electron chi connectivity index (χ0n) is 13.5. The van der Waals surface area contributed by atoms with E-state index in [4.69, 9.17) is 9.36 Å². The van der Waals surface area contributed by atoms with E-state index in [0.29, 0.717) is 5.92 Å². The molecule has 0 bridgehead atoms. The van der Waals surface area contributed by atoms with E-state index in [0.717, 1.165) is 34.9 Å². The molecule has 6 heteroatoms. The van der Waals surface area contributed by atoms with Crippen LogP contribution >= 0.6 is 0 Å². The van der Waals surface area contributed by atoms with Crippen LogP contribution < -0.4 is 0 Å². The highest BCUT2D eigenvalue weighted by Crippen LogP contribution is 2.06. The third kappa shape index (κ3) is 9.12. The number of hydrogen-bond donors (Lipinski definition) is 0. The minimum absolute atomic E-state index is 0. The van der Waals surface area contributed by atoms with E-state index < -0.39 is 0 Å². The first-order valence-electron chi connectivity index (χ1n) is 6.83. The average Bonchev–Trinajstić information content (AvgIpc) is 3.11. The standard InChI is InChI=1S/C5H9NO.2C5H7NO.3CH4/c2*1-4-3-7-6-5(4)2;1-4-3-6-7-5(4)2;;;/h4H,3H2,1-2H3;2*3H,1-2H3;3*1H4. The van der Waals surface area contributed by atoms with Crippen LogP contribution in [-0.4, -0.2) is 22.6 Å². The first kappa shape index (κ1) is 26.8. The maximum absolute atomic E-state index is 4.76. The van der Waals surface area contributed by atoms with Crippen molar-refractivity contribution in [2.75, 3.05) is 6.61 Å². The van der Waals surface area contributed by atoms with Gasteiger partial charge in [0.2, 0.25) is 0 Å². The second kappa shape index (κ2) is 13.3. The Bertz CT molecular complexity index is 502. The predicted molar refractivity (Wildman–Crippen MR) is 100 cm³/mol. The zero-order valence-corrected chi connectivity index (χ0v) is 13.5. The number of aromatic nitrogens is 2. The van der Waals surface area contributed by atoms with Crippen molar-refractivity contribution in [3.8, 4) is 0 Å². The van der Waals surface area contributed by atoms with Gasteiger partial charge < -0.3 is 13.9 Å². The van der Waals surface area contributed by atoms with Crippen LogP contribution in [-0.2, 0) is 4.84 Å². The Morgan fingerprint density at radius 1 is 1.00 bits per heavy atom. The summed E-state index contributed by atoms with van der Waals surface area (Å²) in [4.78, 5) is 4.76. The van der Waals surface area contributed by atoms with Crippen molar-refractivity contribution < 1.29 is 13.9 Å². The van der Waals surface area contributed by atoms with Crippen molar-refractivity contribution in [1.82, 2.24) is 10.3 Å². The molecule has 0 spiro atoms. The van der Waals surface area contributed by atoms with Crippen LogP contribution in [0.2, 0.25) is 0 Å². The van der Waals surface area contributed by atoms with Gasteiger partial charge in [-0.2, -0.15) is 0 Å². The van der Waals surface area contributed by atoms with Gasteiger partial charge in [0, 0.05) is 17.0 Å². The number of aryl methyl sites for hydroxylation is 4. The molecule has 24 heavy (non-hydrogen) atoms. The first-order chi connectivity index (χ1) is 9.91. The number of hydrogen-bond acceptors (Lipinski definition) is 6. The highest BCUT2D eigenvalue weighted by molar-refractivity contribution is 5.84. The van der Waals surface area contributed by atoms with Gasteiger partial charge in [-0.3, -0.25) is 0 Å². The van der Waals surface area contributed by atoms with Gasteiger partial charge in [0.05, 0.1) is 17.6 Å². The highest BCUT2D eigenvalue weighted by Gasteiger charge is 2.11. The van der Waals surface area contributed by atoms with E-state index in [2.05, 4.69) is 26.9 Å². The molecule has 1 atom stereocenters. The quantitative estimate of drug-likeness (QED) is 0.630. The van der Waals surface area contributed by atoms with Gasteiger partial charge in [0.15, 0.2) is 0 Å². The smallest absolute Gasteiger partial charge is 0.136 e. The van der Waals surface area contributed by atoms with Crippen LogP contribution in [0.15, 0.2) is 26.7 Å². The molecule has 3 rings (SSSR count). The molecule has 2 aromatic rings. The Morgan fingerprint density at radius 3 is 1.75 bits per heavy atom. The van der Waals surface area contributed by atoms with Gasteiger partial charge in [0.25, 0.3) is 0 Å². The second-order valence-corrected chi connectivity index (χ2v) is 5.08. The van der Waals surface area contributed by atoms with E-state index in [1.807, 2.05) is 34.6 Å². The summed E-state index contributed by atoms with van der Waals surface area (Å²) in [7, 11) is 0. The molecule has 1 aliphatic heterocycles. The molecule has 0 saturated heterocycles. The summed E-state index contributed by atoms with van der Waals surface area (Å²) in [6.45, 7) is 12.6. The van der Waals surface area contributed by atoms with Crippen LogP contribution in [0, 0.1) is 33.6 Å². The maximum Gasteiger partial charge on any atom is 0.136 e. The van der Waals surface area contributed by atoms with E-state index in [1.54, 1.807) is 12.5 Å². The molecular weight excluding hydrogens is 306 g/mol. The third-order valence-electron chi connectivity index (χ3n) is 3.23. The molecule has 3 heterocycles. The SMILES string of the molecule is C.C.C.CC1=NOCC1C.Cc1cnoc1C.Cc1conc1C. The van der Waals surface area contributed by atoms with Crippen LogP contribution in [0.1, 0.15) is 58.7 Å². The molecule has 0 aromatic carbocycles. The fraction of sp³-hybridized carbons (Fsp3) is 0.611. The molecule has 2 aromatic heterocycles. The first-order valence-corrected chi connectivity index (χ1v) is 6.83. The van der Waals surface area contributed by atoms with Gasteiger partial charge in [-0.1, -0.05) is 44.7 Å². The monoisotopic (exact) mass is 341 g/mol. The van der Waals surface area contributed by atoms with Crippen LogP contribution in [0.4, 0.5) is 0 Å². The van der Waals surface area contributed by atoms with Crippen molar-refractivity contribution in [2.24, 2.45) is 11.1 Å². The molecular formula is C18H35N3O3. The summed E-state index contributed by atoms with van der Waals surface area (Å²) in [5, 5.41) is 10.9. The zero-order chi connectivity index (χ0) is 15.8. The summed E-state index contributed by atoms with van der Waals surface area (Å²) < 4.78 is 9.31. The molecule has 0 radical (unpaired) electrons. The lowest BCUT2D eigenvalue weighted by molar-refractivity contribution is 0.158. The molecule has 0 amide bonds. The summed E-state index contributed by atoms with van der Waals surface area (Å²) in [6, 6.07) is 0. The topological polar surface area (TPSA) is 73.7 Å². The summed E-state index contributed by atoms with van der Waals surface area (Å²) >= 11 is 0. The second-order valence-electron chi connectivity index (χ2n) is 5.08.